The highest BCUT2D eigenvalue weighted by molar-refractivity contribution is 5.51. The first-order valence-corrected chi connectivity index (χ1v) is 6.23. The zero-order chi connectivity index (χ0) is 13.0. The maximum absolute atomic E-state index is 5.05. The normalized spacial score (nSPS) is 14.2. The Bertz CT molecular complexity index is 408. The van der Waals surface area contributed by atoms with Crippen LogP contribution in [0.4, 0.5) is 11.8 Å². The second kappa shape index (κ2) is 5.97. The predicted molar refractivity (Wildman–Crippen MR) is 72.1 cm³/mol. The molecule has 0 amide bonds. The van der Waals surface area contributed by atoms with Gasteiger partial charge >= 0.3 is 0 Å². The highest BCUT2D eigenvalue weighted by Crippen LogP contribution is 2.22. The monoisotopic (exact) mass is 251 g/mol. The maximum atomic E-state index is 5.05. The van der Waals surface area contributed by atoms with Crippen molar-refractivity contribution in [3.05, 3.63) is 11.3 Å². The molecule has 0 aromatic carbocycles. The van der Waals surface area contributed by atoms with E-state index < -0.39 is 0 Å². The van der Waals surface area contributed by atoms with Crippen molar-refractivity contribution in [1.29, 1.82) is 0 Å². The third-order valence-electron chi connectivity index (χ3n) is 2.92. The zero-order valence-electron chi connectivity index (χ0n) is 11.3. The Morgan fingerprint density at radius 1 is 1.39 bits per heavy atom. The van der Waals surface area contributed by atoms with E-state index >= 15 is 0 Å². The number of rotatable bonds is 5. The summed E-state index contributed by atoms with van der Waals surface area (Å²) < 4.78 is 5.05. The molecule has 2 N–H and O–H groups in total. The van der Waals surface area contributed by atoms with Gasteiger partial charge in [0, 0.05) is 52.8 Å². The fourth-order valence-corrected chi connectivity index (χ4v) is 1.95. The number of hydrogen-bond acceptors (Lipinski definition) is 6. The topological polar surface area (TPSA) is 62.3 Å². The van der Waals surface area contributed by atoms with Crippen LogP contribution in [0.2, 0.25) is 0 Å². The van der Waals surface area contributed by atoms with Crippen LogP contribution in [0.1, 0.15) is 11.3 Å². The Kier molecular flexibility index (Phi) is 4.33. The number of anilines is 2. The Balaban J connectivity index is 2.26. The third kappa shape index (κ3) is 2.88. The van der Waals surface area contributed by atoms with Crippen LogP contribution in [0.15, 0.2) is 0 Å². The van der Waals surface area contributed by atoms with Crippen LogP contribution in [-0.4, -0.2) is 50.9 Å². The van der Waals surface area contributed by atoms with Crippen molar-refractivity contribution in [3.63, 3.8) is 0 Å². The number of methoxy groups -OCH3 is 1. The zero-order valence-corrected chi connectivity index (χ0v) is 11.3. The summed E-state index contributed by atoms with van der Waals surface area (Å²) in [5.74, 6) is 1.68. The molecule has 2 heterocycles. The fraction of sp³-hybridized carbons (Fsp3) is 0.667. The summed E-state index contributed by atoms with van der Waals surface area (Å²) in [5, 5.41) is 6.68. The fourth-order valence-electron chi connectivity index (χ4n) is 1.95. The van der Waals surface area contributed by atoms with Gasteiger partial charge in [-0.15, -0.1) is 0 Å². The summed E-state index contributed by atoms with van der Waals surface area (Å²) in [6, 6.07) is 0. The Hall–Kier alpha value is -1.40. The van der Waals surface area contributed by atoms with Gasteiger partial charge in [-0.3, -0.25) is 0 Å². The largest absolute Gasteiger partial charge is 0.383 e. The quantitative estimate of drug-likeness (QED) is 0.731. The highest BCUT2D eigenvalue weighted by Gasteiger charge is 2.17. The molecule has 1 aromatic heterocycles. The van der Waals surface area contributed by atoms with E-state index in [0.717, 1.165) is 43.5 Å². The number of fused-ring (bicyclic) bond motifs is 1. The number of aromatic nitrogens is 2. The van der Waals surface area contributed by atoms with Gasteiger partial charge in [-0.1, -0.05) is 0 Å². The molecule has 1 aliphatic rings. The minimum atomic E-state index is 0.670. The van der Waals surface area contributed by atoms with E-state index in [-0.39, 0.29) is 0 Å². The Labute approximate surface area is 108 Å². The van der Waals surface area contributed by atoms with Crippen molar-refractivity contribution in [1.82, 2.24) is 15.3 Å². The Morgan fingerprint density at radius 2 is 2.22 bits per heavy atom. The summed E-state index contributed by atoms with van der Waals surface area (Å²) in [7, 11) is 5.62. The first kappa shape index (κ1) is 13.0. The van der Waals surface area contributed by atoms with Crippen molar-refractivity contribution in [3.8, 4) is 0 Å². The molecular weight excluding hydrogens is 230 g/mol. The van der Waals surface area contributed by atoms with Crippen molar-refractivity contribution in [2.45, 2.75) is 13.0 Å². The smallest absolute Gasteiger partial charge is 0.227 e. The van der Waals surface area contributed by atoms with Gasteiger partial charge in [-0.25, -0.2) is 4.98 Å². The van der Waals surface area contributed by atoms with Gasteiger partial charge in [0.15, 0.2) is 0 Å². The second-order valence-electron chi connectivity index (χ2n) is 4.54. The van der Waals surface area contributed by atoms with E-state index in [1.807, 2.05) is 19.0 Å². The van der Waals surface area contributed by atoms with Gasteiger partial charge in [0.2, 0.25) is 5.95 Å². The van der Waals surface area contributed by atoms with E-state index in [4.69, 9.17) is 4.74 Å². The summed E-state index contributed by atoms with van der Waals surface area (Å²) in [5.41, 5.74) is 2.33. The summed E-state index contributed by atoms with van der Waals surface area (Å²) >= 11 is 0. The molecule has 18 heavy (non-hydrogen) atoms. The van der Waals surface area contributed by atoms with E-state index in [1.165, 1.54) is 5.56 Å². The van der Waals surface area contributed by atoms with Crippen LogP contribution in [0.25, 0.3) is 0 Å². The van der Waals surface area contributed by atoms with Gasteiger partial charge in [0.25, 0.3) is 0 Å². The molecule has 6 heteroatoms. The molecule has 0 radical (unpaired) electrons. The number of nitrogens with one attached hydrogen (secondary N) is 2. The number of hydrogen-bond donors (Lipinski definition) is 2. The van der Waals surface area contributed by atoms with Gasteiger partial charge in [-0.2, -0.15) is 4.98 Å². The maximum Gasteiger partial charge on any atom is 0.227 e. The molecule has 0 fully saturated rings. The minimum Gasteiger partial charge on any atom is -0.383 e. The highest BCUT2D eigenvalue weighted by atomic mass is 16.5. The van der Waals surface area contributed by atoms with E-state index in [2.05, 4.69) is 20.6 Å². The average Bonchev–Trinajstić information content (AvgIpc) is 2.38. The van der Waals surface area contributed by atoms with Crippen molar-refractivity contribution in [2.24, 2.45) is 0 Å². The molecule has 0 spiro atoms. The molecule has 1 aliphatic heterocycles. The number of nitrogens with zero attached hydrogens (tertiary/aromatic N) is 3. The van der Waals surface area contributed by atoms with Crippen LogP contribution in [-0.2, 0) is 17.7 Å². The second-order valence-corrected chi connectivity index (χ2v) is 4.54. The van der Waals surface area contributed by atoms with E-state index in [1.54, 1.807) is 7.11 Å². The standard InChI is InChI=1S/C12H21N5O/c1-17(2)12-15-10-4-5-13-8-9(10)11(16-12)14-6-7-18-3/h13H,4-8H2,1-3H3,(H,14,15,16). The average molecular weight is 251 g/mol. The molecule has 0 bridgehead atoms. The molecule has 0 saturated heterocycles. The van der Waals surface area contributed by atoms with Gasteiger partial charge in [0.05, 0.1) is 12.3 Å². The van der Waals surface area contributed by atoms with Crippen molar-refractivity contribution >= 4 is 11.8 Å². The third-order valence-corrected chi connectivity index (χ3v) is 2.92. The summed E-state index contributed by atoms with van der Waals surface area (Å²) in [4.78, 5) is 11.1. The molecular formula is C12H21N5O. The first-order valence-electron chi connectivity index (χ1n) is 6.23. The van der Waals surface area contributed by atoms with Gasteiger partial charge in [0.1, 0.15) is 5.82 Å². The van der Waals surface area contributed by atoms with Crippen LogP contribution < -0.4 is 15.5 Å². The van der Waals surface area contributed by atoms with Gasteiger partial charge < -0.3 is 20.3 Å². The van der Waals surface area contributed by atoms with Crippen LogP contribution in [0.5, 0.6) is 0 Å². The molecule has 0 saturated carbocycles. The van der Waals surface area contributed by atoms with Gasteiger partial charge in [-0.05, 0) is 0 Å². The van der Waals surface area contributed by atoms with E-state index in [0.29, 0.717) is 6.61 Å². The SMILES string of the molecule is COCCNc1nc(N(C)C)nc2c1CNCC2. The molecule has 6 nitrogen and oxygen atoms in total. The van der Waals surface area contributed by atoms with Crippen molar-refractivity contribution < 1.29 is 4.74 Å². The summed E-state index contributed by atoms with van der Waals surface area (Å²) in [6.07, 6.45) is 0.956. The predicted octanol–water partition coefficient (Wildman–Crippen LogP) is 0.247. The van der Waals surface area contributed by atoms with Crippen LogP contribution in [0.3, 0.4) is 0 Å². The molecule has 1 aromatic rings. The molecule has 100 valence electrons. The Morgan fingerprint density at radius 3 is 2.94 bits per heavy atom. The number of ether oxygens (including phenoxy) is 1. The lowest BCUT2D eigenvalue weighted by atomic mass is 10.1. The minimum absolute atomic E-state index is 0.670. The molecule has 2 rings (SSSR count). The van der Waals surface area contributed by atoms with E-state index in [9.17, 15) is 0 Å². The first-order chi connectivity index (χ1) is 8.72. The lowest BCUT2D eigenvalue weighted by Crippen LogP contribution is -2.28. The molecule has 0 unspecified atom stereocenters. The lowest BCUT2D eigenvalue weighted by Gasteiger charge is -2.22. The molecule has 0 aliphatic carbocycles. The lowest BCUT2D eigenvalue weighted by molar-refractivity contribution is 0.210. The summed E-state index contributed by atoms with van der Waals surface area (Å²) in [6.45, 7) is 3.24. The van der Waals surface area contributed by atoms with Crippen molar-refractivity contribution in [2.75, 3.05) is 51.1 Å². The van der Waals surface area contributed by atoms with Crippen LogP contribution >= 0.6 is 0 Å². The molecule has 0 atom stereocenters. The van der Waals surface area contributed by atoms with Crippen LogP contribution in [0, 0.1) is 0 Å².